The number of Topliss-reactive ketones (excluding diaryl/α,β-unsaturated/α-hetero) is 1. The lowest BCUT2D eigenvalue weighted by molar-refractivity contribution is -0.150. The first kappa shape index (κ1) is 26.9. The van der Waals surface area contributed by atoms with E-state index in [2.05, 4.69) is 36.1 Å². The standard InChI is InChI=1S/C32H42N2O4/c1-32-15-14-25-24(27(32)12-13-28(32)29(36)19-38-30(37)18-33(2)3)11-8-21-16-23(35)17-26(31(21)25)20-6-9-22(10-7-20)34(4)5/h6-7,9-10,16,24,26-28H,8,11-15,17-19H2,1-5H3/t24-,26+,27+,28-,32+/m1/s1. The summed E-state index contributed by atoms with van der Waals surface area (Å²) < 4.78 is 5.34. The minimum absolute atomic E-state index is 0.0505. The average Bonchev–Trinajstić information content (AvgIpc) is 3.23. The Bertz CT molecular complexity index is 1180. The quantitative estimate of drug-likeness (QED) is 0.476. The number of rotatable bonds is 7. The molecule has 2 fully saturated rings. The van der Waals surface area contributed by atoms with Gasteiger partial charge in [0.2, 0.25) is 0 Å². The van der Waals surface area contributed by atoms with E-state index in [9.17, 15) is 14.4 Å². The molecular formula is C32H42N2O4. The van der Waals surface area contributed by atoms with Crippen LogP contribution in [0.3, 0.4) is 0 Å². The van der Waals surface area contributed by atoms with E-state index in [-0.39, 0.29) is 47.9 Å². The third kappa shape index (κ3) is 4.88. The maximum Gasteiger partial charge on any atom is 0.320 e. The third-order valence-electron chi connectivity index (χ3n) is 9.80. The summed E-state index contributed by atoms with van der Waals surface area (Å²) in [5.41, 5.74) is 6.54. The summed E-state index contributed by atoms with van der Waals surface area (Å²) >= 11 is 0. The highest BCUT2D eigenvalue weighted by Gasteiger charge is 2.56. The number of hydrogen-bond acceptors (Lipinski definition) is 6. The van der Waals surface area contributed by atoms with Gasteiger partial charge in [0.05, 0.1) is 6.54 Å². The van der Waals surface area contributed by atoms with Crippen LogP contribution in [0.15, 0.2) is 47.1 Å². The minimum Gasteiger partial charge on any atom is -0.457 e. The van der Waals surface area contributed by atoms with Crippen LogP contribution in [0.5, 0.6) is 0 Å². The summed E-state index contributed by atoms with van der Waals surface area (Å²) in [6, 6.07) is 8.70. The van der Waals surface area contributed by atoms with Gasteiger partial charge in [-0.3, -0.25) is 19.3 Å². The van der Waals surface area contributed by atoms with Crippen LogP contribution in [-0.4, -0.2) is 63.8 Å². The van der Waals surface area contributed by atoms with Gasteiger partial charge in [-0.1, -0.05) is 24.6 Å². The van der Waals surface area contributed by atoms with E-state index in [4.69, 9.17) is 4.74 Å². The van der Waals surface area contributed by atoms with Crippen LogP contribution < -0.4 is 4.90 Å². The number of ether oxygens (including phenoxy) is 1. The molecule has 0 bridgehead atoms. The van der Waals surface area contributed by atoms with Gasteiger partial charge in [0.1, 0.15) is 6.61 Å². The summed E-state index contributed by atoms with van der Waals surface area (Å²) in [5.74, 6) is 0.966. The van der Waals surface area contributed by atoms with E-state index < -0.39 is 0 Å². The molecule has 0 aromatic heterocycles. The molecule has 6 heteroatoms. The maximum absolute atomic E-state index is 13.3. The number of carbonyl (C=O) groups excluding carboxylic acids is 3. The Morgan fingerprint density at radius 1 is 1.03 bits per heavy atom. The molecule has 6 nitrogen and oxygen atoms in total. The zero-order valence-corrected chi connectivity index (χ0v) is 23.6. The normalized spacial score (nSPS) is 30.4. The highest BCUT2D eigenvalue weighted by atomic mass is 16.5. The number of benzene rings is 1. The minimum atomic E-state index is -0.346. The average molecular weight is 519 g/mol. The molecule has 0 heterocycles. The summed E-state index contributed by atoms with van der Waals surface area (Å²) in [7, 11) is 7.72. The molecule has 38 heavy (non-hydrogen) atoms. The van der Waals surface area contributed by atoms with Gasteiger partial charge in [0.15, 0.2) is 11.6 Å². The predicted octanol–water partition coefficient (Wildman–Crippen LogP) is 4.94. The van der Waals surface area contributed by atoms with E-state index in [0.29, 0.717) is 18.3 Å². The zero-order valence-electron chi connectivity index (χ0n) is 23.6. The van der Waals surface area contributed by atoms with Gasteiger partial charge in [-0.15, -0.1) is 0 Å². The number of ketones is 2. The van der Waals surface area contributed by atoms with Crippen molar-refractivity contribution in [2.75, 3.05) is 46.2 Å². The second kappa shape index (κ2) is 10.4. The Balaban J connectivity index is 1.40. The Kier molecular flexibility index (Phi) is 7.38. The van der Waals surface area contributed by atoms with E-state index in [1.54, 1.807) is 10.5 Å². The van der Waals surface area contributed by atoms with E-state index in [0.717, 1.165) is 44.2 Å². The van der Waals surface area contributed by atoms with Gasteiger partial charge in [0, 0.05) is 38.0 Å². The van der Waals surface area contributed by atoms with Gasteiger partial charge < -0.3 is 9.64 Å². The molecule has 0 spiro atoms. The topological polar surface area (TPSA) is 66.9 Å². The van der Waals surface area contributed by atoms with Crippen molar-refractivity contribution in [1.82, 2.24) is 4.90 Å². The number of allylic oxidation sites excluding steroid dienone is 4. The van der Waals surface area contributed by atoms with Crippen molar-refractivity contribution < 1.29 is 19.1 Å². The molecule has 1 aromatic rings. The van der Waals surface area contributed by atoms with Crippen LogP contribution in [0.4, 0.5) is 5.69 Å². The fourth-order valence-corrected chi connectivity index (χ4v) is 8.01. The lowest BCUT2D eigenvalue weighted by atomic mass is 9.54. The van der Waals surface area contributed by atoms with E-state index in [1.807, 2.05) is 34.3 Å². The molecule has 0 amide bonds. The van der Waals surface area contributed by atoms with Gasteiger partial charge >= 0.3 is 5.97 Å². The number of carbonyl (C=O) groups is 3. The SMILES string of the molecule is CN(C)CC(=O)OCC(=O)[C@H]1CC[C@H]2[C@@H]3CCC4=CC(=O)C[C@@H](c5ccc(N(C)C)cc5)C4=C3CC[C@]12C. The molecule has 2 saturated carbocycles. The largest absolute Gasteiger partial charge is 0.457 e. The van der Waals surface area contributed by atoms with Crippen LogP contribution in [-0.2, 0) is 19.1 Å². The van der Waals surface area contributed by atoms with E-state index in [1.165, 1.54) is 16.7 Å². The zero-order chi connectivity index (χ0) is 27.2. The molecular weight excluding hydrogens is 476 g/mol. The molecule has 0 saturated heterocycles. The molecule has 0 N–H and O–H groups in total. The highest BCUT2D eigenvalue weighted by molar-refractivity contribution is 5.94. The molecule has 204 valence electrons. The van der Waals surface area contributed by atoms with Crippen LogP contribution in [0.2, 0.25) is 0 Å². The maximum atomic E-state index is 13.3. The Labute approximate surface area is 227 Å². The molecule has 0 aliphatic heterocycles. The molecule has 1 aromatic carbocycles. The molecule has 4 aliphatic rings. The summed E-state index contributed by atoms with van der Waals surface area (Å²) in [6.45, 7) is 2.38. The van der Waals surface area contributed by atoms with Crippen LogP contribution in [0.1, 0.15) is 63.4 Å². The first-order chi connectivity index (χ1) is 18.1. The summed E-state index contributed by atoms with van der Waals surface area (Å²) in [5, 5.41) is 0. The molecule has 0 radical (unpaired) electrons. The van der Waals surface area contributed by atoms with E-state index >= 15 is 0 Å². The predicted molar refractivity (Wildman–Crippen MR) is 149 cm³/mol. The second-order valence-electron chi connectivity index (χ2n) is 12.6. The molecule has 5 rings (SSSR count). The van der Waals surface area contributed by atoms with Crippen molar-refractivity contribution in [2.24, 2.45) is 23.2 Å². The number of fused-ring (bicyclic) bond motifs is 4. The number of esters is 1. The van der Waals surface area contributed by atoms with Crippen LogP contribution >= 0.6 is 0 Å². The van der Waals surface area contributed by atoms with Crippen molar-refractivity contribution in [2.45, 2.75) is 57.8 Å². The molecule has 5 atom stereocenters. The number of nitrogens with zero attached hydrogens (tertiary/aromatic N) is 2. The van der Waals surface area contributed by atoms with Crippen molar-refractivity contribution in [3.05, 3.63) is 52.6 Å². The Morgan fingerprint density at radius 3 is 2.45 bits per heavy atom. The Morgan fingerprint density at radius 2 is 1.76 bits per heavy atom. The summed E-state index contributed by atoms with van der Waals surface area (Å²) in [6.07, 6.45) is 8.33. The summed E-state index contributed by atoms with van der Waals surface area (Å²) in [4.78, 5) is 41.9. The number of hydrogen-bond donors (Lipinski definition) is 0. The lowest BCUT2D eigenvalue weighted by Crippen LogP contribution is -2.43. The smallest absolute Gasteiger partial charge is 0.320 e. The second-order valence-corrected chi connectivity index (χ2v) is 12.6. The Hall–Kier alpha value is -2.73. The van der Waals surface area contributed by atoms with Crippen molar-refractivity contribution in [1.29, 1.82) is 0 Å². The lowest BCUT2D eigenvalue weighted by Gasteiger charge is -2.49. The van der Waals surface area contributed by atoms with Gasteiger partial charge in [0.25, 0.3) is 0 Å². The van der Waals surface area contributed by atoms with Crippen LogP contribution in [0, 0.1) is 23.2 Å². The van der Waals surface area contributed by atoms with Crippen molar-refractivity contribution in [3.63, 3.8) is 0 Å². The first-order valence-corrected chi connectivity index (χ1v) is 14.2. The fraction of sp³-hybridized carbons (Fsp3) is 0.594. The van der Waals surface area contributed by atoms with Crippen LogP contribution in [0.25, 0.3) is 0 Å². The van der Waals surface area contributed by atoms with Gasteiger partial charge in [-0.2, -0.15) is 0 Å². The van der Waals surface area contributed by atoms with Gasteiger partial charge in [-0.25, -0.2) is 0 Å². The third-order valence-corrected chi connectivity index (χ3v) is 9.80. The van der Waals surface area contributed by atoms with Crippen molar-refractivity contribution in [3.8, 4) is 0 Å². The number of likely N-dealkylation sites (N-methyl/N-ethyl adjacent to an activating group) is 1. The number of anilines is 1. The van der Waals surface area contributed by atoms with Crippen molar-refractivity contribution >= 4 is 23.2 Å². The monoisotopic (exact) mass is 518 g/mol. The molecule has 0 unspecified atom stereocenters. The fourth-order valence-electron chi connectivity index (χ4n) is 8.01. The highest BCUT2D eigenvalue weighted by Crippen LogP contribution is 2.63. The molecule has 4 aliphatic carbocycles. The first-order valence-electron chi connectivity index (χ1n) is 14.2. The van der Waals surface area contributed by atoms with Gasteiger partial charge in [-0.05, 0) is 105 Å².